The van der Waals surface area contributed by atoms with Crippen LogP contribution >= 0.6 is 11.3 Å². The lowest BCUT2D eigenvalue weighted by atomic mass is 9.98. The van der Waals surface area contributed by atoms with Crippen LogP contribution in [0.1, 0.15) is 22.9 Å². The van der Waals surface area contributed by atoms with Gasteiger partial charge < -0.3 is 5.32 Å². The van der Waals surface area contributed by atoms with E-state index in [1.807, 2.05) is 35.7 Å². The normalized spacial score (nSPS) is 12.3. The quantitative estimate of drug-likeness (QED) is 0.586. The van der Waals surface area contributed by atoms with Crippen molar-refractivity contribution in [1.82, 2.24) is 14.7 Å². The first-order chi connectivity index (χ1) is 12.7. The highest BCUT2D eigenvalue weighted by molar-refractivity contribution is 7.15. The average Bonchev–Trinajstić information content (AvgIpc) is 3.13. The van der Waals surface area contributed by atoms with Crippen LogP contribution in [0.5, 0.6) is 0 Å². The van der Waals surface area contributed by atoms with Crippen molar-refractivity contribution in [3.63, 3.8) is 0 Å². The maximum atomic E-state index is 13.3. The monoisotopic (exact) mass is 365 g/mol. The standard InChI is InChI=1S/C20H16FN3OS/c21-16-8-6-15(7-9-16)19(14-4-2-1-3-5-14)22-13-17-12-18(25)24-10-11-26-20(24)23-17/h1-12,19,22H,13H2. The molecule has 0 saturated carbocycles. The summed E-state index contributed by atoms with van der Waals surface area (Å²) in [6, 6.07) is 17.8. The Kier molecular flexibility index (Phi) is 4.60. The number of rotatable bonds is 5. The number of benzene rings is 2. The van der Waals surface area contributed by atoms with Crippen molar-refractivity contribution < 1.29 is 4.39 Å². The molecule has 1 unspecified atom stereocenters. The Balaban J connectivity index is 1.64. The molecule has 6 heteroatoms. The largest absolute Gasteiger partial charge is 0.301 e. The van der Waals surface area contributed by atoms with Gasteiger partial charge in [-0.3, -0.25) is 9.20 Å². The van der Waals surface area contributed by atoms with Crippen LogP contribution in [0, 0.1) is 5.82 Å². The molecule has 1 N–H and O–H groups in total. The fourth-order valence-corrected chi connectivity index (χ4v) is 3.65. The number of nitrogens with one attached hydrogen (secondary N) is 1. The van der Waals surface area contributed by atoms with Gasteiger partial charge in [0.1, 0.15) is 5.82 Å². The van der Waals surface area contributed by atoms with E-state index in [0.29, 0.717) is 17.2 Å². The van der Waals surface area contributed by atoms with Gasteiger partial charge in [0.05, 0.1) is 11.7 Å². The summed E-state index contributed by atoms with van der Waals surface area (Å²) in [6.45, 7) is 0.431. The van der Waals surface area contributed by atoms with Crippen LogP contribution in [0.4, 0.5) is 4.39 Å². The van der Waals surface area contributed by atoms with Gasteiger partial charge in [-0.25, -0.2) is 9.37 Å². The van der Waals surface area contributed by atoms with Gasteiger partial charge >= 0.3 is 0 Å². The summed E-state index contributed by atoms with van der Waals surface area (Å²) in [5.41, 5.74) is 2.60. The average molecular weight is 365 g/mol. The minimum absolute atomic E-state index is 0.0916. The SMILES string of the molecule is O=c1cc(CNC(c2ccccc2)c2ccc(F)cc2)nc2sccn12. The van der Waals surface area contributed by atoms with E-state index in [1.165, 1.54) is 27.9 Å². The smallest absolute Gasteiger partial charge is 0.258 e. The molecule has 130 valence electrons. The second-order valence-electron chi connectivity index (χ2n) is 5.92. The first-order valence-corrected chi connectivity index (χ1v) is 9.08. The number of hydrogen-bond donors (Lipinski definition) is 1. The van der Waals surface area contributed by atoms with E-state index in [4.69, 9.17) is 0 Å². The van der Waals surface area contributed by atoms with E-state index in [0.717, 1.165) is 11.1 Å². The molecular formula is C20H16FN3OS. The highest BCUT2D eigenvalue weighted by Crippen LogP contribution is 2.22. The van der Waals surface area contributed by atoms with Crippen LogP contribution < -0.4 is 10.9 Å². The Morgan fingerprint density at radius 1 is 1.08 bits per heavy atom. The fraction of sp³-hybridized carbons (Fsp3) is 0.100. The maximum absolute atomic E-state index is 13.3. The van der Waals surface area contributed by atoms with E-state index < -0.39 is 0 Å². The zero-order chi connectivity index (χ0) is 17.9. The molecule has 4 nitrogen and oxygen atoms in total. The number of aromatic nitrogens is 2. The number of halogens is 1. The van der Waals surface area contributed by atoms with E-state index in [2.05, 4.69) is 10.3 Å². The predicted molar refractivity (Wildman–Crippen MR) is 101 cm³/mol. The van der Waals surface area contributed by atoms with Gasteiger partial charge in [-0.1, -0.05) is 42.5 Å². The Labute approximate surface area is 153 Å². The van der Waals surface area contributed by atoms with Gasteiger partial charge in [-0.05, 0) is 23.3 Å². The molecule has 1 atom stereocenters. The van der Waals surface area contributed by atoms with E-state index in [9.17, 15) is 9.18 Å². The Morgan fingerprint density at radius 3 is 2.58 bits per heavy atom. The second kappa shape index (κ2) is 7.19. The third-order valence-corrected chi connectivity index (χ3v) is 4.94. The molecule has 0 aliphatic carbocycles. The molecule has 0 fully saturated rings. The van der Waals surface area contributed by atoms with Crippen LogP contribution in [0.25, 0.3) is 4.96 Å². The molecule has 2 aromatic carbocycles. The Bertz CT molecular complexity index is 1070. The molecule has 0 radical (unpaired) electrons. The minimum atomic E-state index is -0.265. The molecule has 2 heterocycles. The zero-order valence-corrected chi connectivity index (χ0v) is 14.6. The van der Waals surface area contributed by atoms with Crippen LogP contribution in [0.3, 0.4) is 0 Å². The number of nitrogens with zero attached hydrogens (tertiary/aromatic N) is 2. The number of thiazole rings is 1. The molecule has 0 amide bonds. The lowest BCUT2D eigenvalue weighted by Crippen LogP contribution is -2.24. The summed E-state index contributed by atoms with van der Waals surface area (Å²) in [6.07, 6.45) is 1.72. The summed E-state index contributed by atoms with van der Waals surface area (Å²) >= 11 is 1.43. The molecule has 0 spiro atoms. The van der Waals surface area contributed by atoms with Gasteiger partial charge in [-0.15, -0.1) is 11.3 Å². The molecule has 0 bridgehead atoms. The molecule has 26 heavy (non-hydrogen) atoms. The molecule has 4 aromatic rings. The van der Waals surface area contributed by atoms with Crippen LogP contribution in [-0.4, -0.2) is 9.38 Å². The van der Waals surface area contributed by atoms with Crippen molar-refractivity contribution in [2.75, 3.05) is 0 Å². The Hall–Kier alpha value is -2.83. The van der Waals surface area contributed by atoms with Crippen molar-refractivity contribution >= 4 is 16.3 Å². The van der Waals surface area contributed by atoms with Crippen molar-refractivity contribution in [2.24, 2.45) is 0 Å². The lowest BCUT2D eigenvalue weighted by Gasteiger charge is -2.20. The number of fused-ring (bicyclic) bond motifs is 1. The second-order valence-corrected chi connectivity index (χ2v) is 6.79. The summed E-state index contributed by atoms with van der Waals surface area (Å²) in [4.78, 5) is 17.3. The van der Waals surface area contributed by atoms with Gasteiger partial charge in [0, 0.05) is 24.2 Å². The van der Waals surface area contributed by atoms with Crippen molar-refractivity contribution in [2.45, 2.75) is 12.6 Å². The molecule has 0 saturated heterocycles. The third-order valence-electron chi connectivity index (χ3n) is 4.18. The summed E-state index contributed by atoms with van der Waals surface area (Å²) in [5, 5.41) is 5.28. The predicted octanol–water partition coefficient (Wildman–Crippen LogP) is 3.77. The van der Waals surface area contributed by atoms with Gasteiger partial charge in [0.25, 0.3) is 5.56 Å². The van der Waals surface area contributed by atoms with Crippen molar-refractivity contribution in [3.05, 3.63) is 105 Å². The van der Waals surface area contributed by atoms with Gasteiger partial charge in [-0.2, -0.15) is 0 Å². The van der Waals surface area contributed by atoms with Crippen molar-refractivity contribution in [3.8, 4) is 0 Å². The lowest BCUT2D eigenvalue weighted by molar-refractivity contribution is 0.591. The molecular weight excluding hydrogens is 349 g/mol. The molecule has 4 rings (SSSR count). The third kappa shape index (κ3) is 3.42. The van der Waals surface area contributed by atoms with Crippen LogP contribution in [0.2, 0.25) is 0 Å². The molecule has 0 aliphatic heterocycles. The highest BCUT2D eigenvalue weighted by Gasteiger charge is 2.14. The van der Waals surface area contributed by atoms with Crippen LogP contribution in [-0.2, 0) is 6.54 Å². The first-order valence-electron chi connectivity index (χ1n) is 8.20. The molecule has 2 aromatic heterocycles. The van der Waals surface area contributed by atoms with Gasteiger partial charge in [0.15, 0.2) is 4.96 Å². The highest BCUT2D eigenvalue weighted by atomic mass is 32.1. The van der Waals surface area contributed by atoms with E-state index in [1.54, 1.807) is 24.4 Å². The zero-order valence-electron chi connectivity index (χ0n) is 13.8. The minimum Gasteiger partial charge on any atom is -0.301 e. The van der Waals surface area contributed by atoms with Crippen molar-refractivity contribution in [1.29, 1.82) is 0 Å². The Morgan fingerprint density at radius 2 is 1.81 bits per heavy atom. The number of hydrogen-bond acceptors (Lipinski definition) is 4. The fourth-order valence-electron chi connectivity index (χ4n) is 2.91. The van der Waals surface area contributed by atoms with Crippen LogP contribution in [0.15, 0.2) is 77.0 Å². The summed E-state index contributed by atoms with van der Waals surface area (Å²) in [7, 11) is 0. The maximum Gasteiger partial charge on any atom is 0.258 e. The first kappa shape index (κ1) is 16.6. The molecule has 0 aliphatic rings. The topological polar surface area (TPSA) is 46.4 Å². The van der Waals surface area contributed by atoms with E-state index >= 15 is 0 Å². The summed E-state index contributed by atoms with van der Waals surface area (Å²) in [5.74, 6) is -0.265. The summed E-state index contributed by atoms with van der Waals surface area (Å²) < 4.78 is 14.8. The van der Waals surface area contributed by atoms with E-state index in [-0.39, 0.29) is 17.4 Å². The van der Waals surface area contributed by atoms with Gasteiger partial charge in [0.2, 0.25) is 0 Å².